The van der Waals surface area contributed by atoms with E-state index in [4.69, 9.17) is 30.8 Å². The maximum absolute atomic E-state index is 17.0. The van der Waals surface area contributed by atoms with E-state index in [0.29, 0.717) is 86.8 Å². The smallest absolute Gasteiger partial charge is 0.319 e. The summed E-state index contributed by atoms with van der Waals surface area (Å²) in [5.74, 6) is -0.846. The van der Waals surface area contributed by atoms with Gasteiger partial charge in [-0.3, -0.25) is 19.6 Å². The van der Waals surface area contributed by atoms with E-state index >= 15 is 4.39 Å². The van der Waals surface area contributed by atoms with Crippen LogP contribution in [0.5, 0.6) is 6.01 Å². The van der Waals surface area contributed by atoms with E-state index in [9.17, 15) is 9.18 Å². The largest absolute Gasteiger partial charge is 0.461 e. The van der Waals surface area contributed by atoms with Crippen LogP contribution in [0.4, 0.5) is 14.6 Å². The molecule has 0 saturated carbocycles. The molecule has 0 unspecified atom stereocenters. The number of rotatable bonds is 8. The van der Waals surface area contributed by atoms with Gasteiger partial charge in [-0.25, -0.2) is 8.78 Å². The summed E-state index contributed by atoms with van der Waals surface area (Å²) < 4.78 is 49.3. The van der Waals surface area contributed by atoms with Crippen LogP contribution in [-0.2, 0) is 14.3 Å². The molecule has 5 saturated heterocycles. The lowest BCUT2D eigenvalue weighted by Gasteiger charge is -2.55. The third-order valence-electron chi connectivity index (χ3n) is 11.8. The molecule has 14 heteroatoms. The monoisotopic (exact) mass is 745 g/mol. The summed E-state index contributed by atoms with van der Waals surface area (Å²) in [5, 5.41) is 1.35. The number of amides is 1. The van der Waals surface area contributed by atoms with Crippen molar-refractivity contribution in [3.8, 4) is 17.3 Å². The number of benzene rings is 2. The van der Waals surface area contributed by atoms with Crippen molar-refractivity contribution in [2.24, 2.45) is 0 Å². The first-order valence-corrected chi connectivity index (χ1v) is 18.9. The number of pyridine rings is 1. The first-order chi connectivity index (χ1) is 25.8. The van der Waals surface area contributed by atoms with E-state index in [1.165, 1.54) is 6.07 Å². The average Bonchev–Trinajstić information content (AvgIpc) is 3.76. The number of halogens is 3. The van der Waals surface area contributed by atoms with Crippen LogP contribution in [0.1, 0.15) is 25.7 Å². The van der Waals surface area contributed by atoms with Crippen molar-refractivity contribution >= 4 is 45.0 Å². The molecule has 0 aliphatic carbocycles. The van der Waals surface area contributed by atoms with Gasteiger partial charge in [0.25, 0.3) is 0 Å². The van der Waals surface area contributed by atoms with Gasteiger partial charge in [-0.15, -0.1) is 0 Å². The van der Waals surface area contributed by atoms with Gasteiger partial charge < -0.3 is 24.0 Å². The van der Waals surface area contributed by atoms with Crippen molar-refractivity contribution < 1.29 is 27.8 Å². The second kappa shape index (κ2) is 14.0. The zero-order valence-electron chi connectivity index (χ0n) is 29.5. The quantitative estimate of drug-likeness (QED) is 0.227. The standard InChI is InChI=1S/C39H42ClF2N7O4/c40-32-29(41)9-8-26-5-1-6-27(31(26)32)34-33(42)35-28(21-43-34)36(45-37(44-35)53-25-38-10-3-13-48(38)14-4-11-38)47-15-16-49(39(22-47)23-52-24-39)30(50)7-2-12-46-17-19-51-20-18-46/h1-2,5-9,21H,3-4,10-20,22-25H2/b7-2+. The fourth-order valence-electron chi connectivity index (χ4n) is 8.95. The highest BCUT2D eigenvalue weighted by Crippen LogP contribution is 2.41. The fourth-order valence-corrected chi connectivity index (χ4v) is 9.22. The van der Waals surface area contributed by atoms with E-state index in [-0.39, 0.29) is 33.7 Å². The van der Waals surface area contributed by atoms with Crippen LogP contribution in [0.25, 0.3) is 32.9 Å². The predicted octanol–water partition coefficient (Wildman–Crippen LogP) is 5.09. The van der Waals surface area contributed by atoms with Gasteiger partial charge in [0, 0.05) is 62.5 Å². The molecule has 53 heavy (non-hydrogen) atoms. The summed E-state index contributed by atoms with van der Waals surface area (Å²) in [4.78, 5) is 36.5. The lowest BCUT2D eigenvalue weighted by molar-refractivity contribution is -0.164. The lowest BCUT2D eigenvalue weighted by Crippen LogP contribution is -2.72. The van der Waals surface area contributed by atoms with E-state index in [0.717, 1.165) is 51.9 Å². The molecule has 0 bridgehead atoms. The van der Waals surface area contributed by atoms with Gasteiger partial charge in [-0.05, 0) is 50.2 Å². The van der Waals surface area contributed by atoms with Gasteiger partial charge in [0.15, 0.2) is 5.82 Å². The molecule has 9 rings (SSSR count). The summed E-state index contributed by atoms with van der Waals surface area (Å²) in [7, 11) is 0. The van der Waals surface area contributed by atoms with Crippen LogP contribution in [0.15, 0.2) is 48.7 Å². The maximum atomic E-state index is 17.0. The second-order valence-corrected chi connectivity index (χ2v) is 15.3. The van der Waals surface area contributed by atoms with Crippen LogP contribution in [0.2, 0.25) is 5.02 Å². The topological polar surface area (TPSA) is 96.4 Å². The fraction of sp³-hybridized carbons (Fsp3) is 0.487. The van der Waals surface area contributed by atoms with Gasteiger partial charge in [0.2, 0.25) is 5.91 Å². The first kappa shape index (κ1) is 34.7. The zero-order chi connectivity index (χ0) is 36.2. The number of carbonyl (C=O) groups is 1. The Morgan fingerprint density at radius 2 is 1.79 bits per heavy atom. The Bertz CT molecular complexity index is 2080. The molecule has 2 aromatic carbocycles. The summed E-state index contributed by atoms with van der Waals surface area (Å²) in [6.07, 6.45) is 9.46. The van der Waals surface area contributed by atoms with Crippen molar-refractivity contribution in [3.63, 3.8) is 0 Å². The molecule has 1 spiro atoms. The Morgan fingerprint density at radius 3 is 2.57 bits per heavy atom. The van der Waals surface area contributed by atoms with Crippen LogP contribution in [0.3, 0.4) is 0 Å². The molecule has 5 fully saturated rings. The maximum Gasteiger partial charge on any atom is 0.319 e. The summed E-state index contributed by atoms with van der Waals surface area (Å²) in [6, 6.07) is 8.25. The summed E-state index contributed by atoms with van der Waals surface area (Å²) in [5.41, 5.74) is -0.223. The number of aromatic nitrogens is 3. The molecule has 0 radical (unpaired) electrons. The number of hydrogen-bond donors (Lipinski definition) is 0. The molecule has 5 aliphatic rings. The molecular formula is C39H42ClF2N7O4. The van der Waals surface area contributed by atoms with Crippen LogP contribution >= 0.6 is 11.6 Å². The molecule has 1 amide bonds. The van der Waals surface area contributed by atoms with Crippen molar-refractivity contribution in [2.45, 2.75) is 36.8 Å². The third-order valence-corrected chi connectivity index (χ3v) is 12.2. The molecule has 278 valence electrons. The zero-order valence-corrected chi connectivity index (χ0v) is 30.3. The van der Waals surface area contributed by atoms with Crippen LogP contribution in [0, 0.1) is 11.6 Å². The van der Waals surface area contributed by atoms with Gasteiger partial charge >= 0.3 is 6.01 Å². The minimum atomic E-state index is -0.675. The molecule has 7 heterocycles. The SMILES string of the molecule is O=C(/C=C/CN1CCOCC1)N1CCN(c2nc(OCC34CCCN3CCC4)nc3c(F)c(-c4cccc5ccc(F)c(Cl)c45)ncc23)CC12COC2. The van der Waals surface area contributed by atoms with Crippen LogP contribution < -0.4 is 9.64 Å². The number of morpholine rings is 1. The van der Waals surface area contributed by atoms with Crippen molar-refractivity contribution in [1.82, 2.24) is 29.7 Å². The number of anilines is 1. The highest BCUT2D eigenvalue weighted by atomic mass is 35.5. The minimum absolute atomic E-state index is 0.00528. The highest BCUT2D eigenvalue weighted by Gasteiger charge is 2.50. The van der Waals surface area contributed by atoms with E-state index in [1.807, 2.05) is 11.0 Å². The number of fused-ring (bicyclic) bond motifs is 3. The Hall–Kier alpha value is -4.01. The number of carbonyl (C=O) groups excluding carboxylic acids is 1. The van der Waals surface area contributed by atoms with E-state index in [2.05, 4.69) is 24.7 Å². The third kappa shape index (κ3) is 6.20. The molecule has 5 aliphatic heterocycles. The number of ether oxygens (including phenoxy) is 3. The Morgan fingerprint density at radius 1 is 0.981 bits per heavy atom. The van der Waals surface area contributed by atoms with Crippen molar-refractivity contribution in [1.29, 1.82) is 0 Å². The normalized spacial score (nSPS) is 21.6. The molecule has 4 aromatic rings. The summed E-state index contributed by atoms with van der Waals surface area (Å²) >= 11 is 6.46. The van der Waals surface area contributed by atoms with E-state index in [1.54, 1.807) is 36.5 Å². The molecule has 0 N–H and O–H groups in total. The van der Waals surface area contributed by atoms with E-state index < -0.39 is 17.2 Å². The van der Waals surface area contributed by atoms with Gasteiger partial charge in [0.05, 0.1) is 42.4 Å². The minimum Gasteiger partial charge on any atom is -0.461 e. The molecule has 2 aromatic heterocycles. The number of hydrogen-bond acceptors (Lipinski definition) is 10. The van der Waals surface area contributed by atoms with Gasteiger partial charge in [-0.1, -0.05) is 41.9 Å². The lowest BCUT2D eigenvalue weighted by atomic mass is 9.91. The Kier molecular flexibility index (Phi) is 9.18. The Labute approximate surface area is 311 Å². The summed E-state index contributed by atoms with van der Waals surface area (Å²) in [6.45, 7) is 8.35. The van der Waals surface area contributed by atoms with Crippen molar-refractivity contribution in [3.05, 3.63) is 65.3 Å². The van der Waals surface area contributed by atoms with Gasteiger partial charge in [-0.2, -0.15) is 9.97 Å². The average molecular weight is 746 g/mol. The highest BCUT2D eigenvalue weighted by molar-refractivity contribution is 6.36. The Balaban J connectivity index is 1.07. The molecule has 11 nitrogen and oxygen atoms in total. The van der Waals surface area contributed by atoms with Gasteiger partial charge in [0.1, 0.15) is 35.0 Å². The molecular weight excluding hydrogens is 704 g/mol. The number of piperazine rings is 1. The van der Waals surface area contributed by atoms with Crippen molar-refractivity contribution in [2.75, 3.05) is 90.3 Å². The predicted molar refractivity (Wildman–Crippen MR) is 197 cm³/mol. The first-order valence-electron chi connectivity index (χ1n) is 18.6. The molecule has 0 atom stereocenters. The number of nitrogens with zero attached hydrogens (tertiary/aromatic N) is 7. The van der Waals surface area contributed by atoms with Crippen LogP contribution in [-0.4, -0.2) is 132 Å². The second-order valence-electron chi connectivity index (χ2n) is 14.9.